The van der Waals surface area contributed by atoms with Gasteiger partial charge in [0, 0.05) is 11.9 Å². The summed E-state index contributed by atoms with van der Waals surface area (Å²) in [6.07, 6.45) is 0. The van der Waals surface area contributed by atoms with E-state index in [0.29, 0.717) is 0 Å². The Morgan fingerprint density at radius 2 is 1.00 bits per heavy atom. The van der Waals surface area contributed by atoms with Crippen LogP contribution in [0, 0.1) is 0 Å². The van der Waals surface area contributed by atoms with Gasteiger partial charge in [0.15, 0.2) is 0 Å². The molecule has 0 spiro atoms. The van der Waals surface area contributed by atoms with Crippen LogP contribution in [-0.4, -0.2) is 25.3 Å². The fraction of sp³-hybridized carbons (Fsp3) is 0.667. The van der Waals surface area contributed by atoms with E-state index in [9.17, 15) is 0 Å². The third-order valence-electron chi connectivity index (χ3n) is 0. The summed E-state index contributed by atoms with van der Waals surface area (Å²) in [6, 6.07) is 0. The normalized spacial score (nSPS) is 5.67. The number of carbonyl (C=O) groups excluding carboxylic acids is 2. The zero-order valence-electron chi connectivity index (χ0n) is 7.45. The van der Waals surface area contributed by atoms with Crippen molar-refractivity contribution >= 4 is 20.5 Å². The molecular formula is C6H13O4PPd. The number of carboxylic acids is 2. The third-order valence-corrected chi connectivity index (χ3v) is 0. The maximum Gasteiger partial charge on any atom is 2.00 e. The topological polar surface area (TPSA) is 80.3 Å². The molecule has 0 aliphatic rings. The average molecular weight is 287 g/mol. The van der Waals surface area contributed by atoms with Gasteiger partial charge in [0.2, 0.25) is 0 Å². The van der Waals surface area contributed by atoms with Crippen LogP contribution in [0.25, 0.3) is 0 Å². The second kappa shape index (κ2) is 22.5. The quantitative estimate of drug-likeness (QED) is 0.398. The molecule has 6 heteroatoms. The standard InChI is InChI=1S/2C2H4O2.C2H7P.Pd/c2*1-2(3)4;1-3-2;/h2*1H3,(H,3,4);3H,1-2H3;/q;;;+2/p-2. The first-order valence-corrected chi connectivity index (χ1v) is 4.82. The second-order valence-electron chi connectivity index (χ2n) is 1.48. The molecule has 0 unspecified atom stereocenters. The second-order valence-corrected chi connectivity index (χ2v) is 2.48. The summed E-state index contributed by atoms with van der Waals surface area (Å²) >= 11 is 0. The molecule has 0 amide bonds. The van der Waals surface area contributed by atoms with Crippen LogP contribution in [0.2, 0.25) is 0 Å². The Balaban J connectivity index is -0.0000000389. The molecule has 0 rings (SSSR count). The van der Waals surface area contributed by atoms with Crippen LogP contribution >= 0.6 is 8.58 Å². The fourth-order valence-electron chi connectivity index (χ4n) is 0. The SMILES string of the molecule is CC(=O)[O-].CC(=O)[O-].CPC.[Pd+2]. The van der Waals surface area contributed by atoms with Crippen LogP contribution in [0.4, 0.5) is 0 Å². The fourth-order valence-corrected chi connectivity index (χ4v) is 0. The summed E-state index contributed by atoms with van der Waals surface area (Å²) in [6.45, 7) is 6.25. The molecule has 0 aliphatic carbocycles. The van der Waals surface area contributed by atoms with Crippen molar-refractivity contribution in [1.82, 2.24) is 0 Å². The Morgan fingerprint density at radius 1 is 1.00 bits per heavy atom. The van der Waals surface area contributed by atoms with Crippen LogP contribution in [0.15, 0.2) is 0 Å². The van der Waals surface area contributed by atoms with Gasteiger partial charge >= 0.3 is 20.4 Å². The van der Waals surface area contributed by atoms with Gasteiger partial charge in [0.05, 0.1) is 0 Å². The Hall–Kier alpha value is 0.0323. The first kappa shape index (κ1) is 22.7. The van der Waals surface area contributed by atoms with Crippen molar-refractivity contribution in [3.8, 4) is 0 Å². The van der Waals surface area contributed by atoms with Gasteiger partial charge in [-0.25, -0.2) is 0 Å². The third kappa shape index (κ3) is 783000. The predicted molar refractivity (Wildman–Crippen MR) is 41.5 cm³/mol. The van der Waals surface area contributed by atoms with Crippen LogP contribution in [0.1, 0.15) is 13.8 Å². The molecule has 0 aromatic rings. The Kier molecular flexibility index (Phi) is 42.5. The van der Waals surface area contributed by atoms with Gasteiger partial charge in [-0.05, 0) is 27.2 Å². The van der Waals surface area contributed by atoms with Gasteiger partial charge in [-0.1, -0.05) is 0 Å². The number of rotatable bonds is 0. The maximum atomic E-state index is 8.89. The molecule has 0 saturated heterocycles. The number of hydrogen-bond donors (Lipinski definition) is 0. The zero-order valence-corrected chi connectivity index (χ0v) is 10.0. The smallest absolute Gasteiger partial charge is 0.550 e. The van der Waals surface area contributed by atoms with E-state index in [0.717, 1.165) is 22.4 Å². The molecule has 12 heavy (non-hydrogen) atoms. The van der Waals surface area contributed by atoms with Crippen LogP contribution in [-0.2, 0) is 30.0 Å². The zero-order chi connectivity index (χ0) is 9.86. The summed E-state index contributed by atoms with van der Waals surface area (Å²) in [5.74, 6) is -2.17. The molecule has 0 saturated carbocycles. The van der Waals surface area contributed by atoms with E-state index in [1.807, 2.05) is 0 Å². The van der Waals surface area contributed by atoms with Crippen molar-refractivity contribution in [3.05, 3.63) is 0 Å². The minimum atomic E-state index is -1.08. The minimum Gasteiger partial charge on any atom is -0.550 e. The first-order chi connectivity index (χ1) is 4.88. The Labute approximate surface area is 88.2 Å². The number of aliphatic carboxylic acids is 2. The van der Waals surface area contributed by atoms with Gasteiger partial charge in [-0.2, -0.15) is 0 Å². The van der Waals surface area contributed by atoms with Gasteiger partial charge in [0.25, 0.3) is 0 Å². The number of hydrogen-bond acceptors (Lipinski definition) is 4. The first-order valence-electron chi connectivity index (χ1n) is 2.82. The van der Waals surface area contributed by atoms with Gasteiger partial charge in [-0.15, -0.1) is 8.58 Å². The molecule has 0 aromatic carbocycles. The molecule has 0 fully saturated rings. The molecule has 4 nitrogen and oxygen atoms in total. The molecule has 0 radical (unpaired) electrons. The van der Waals surface area contributed by atoms with Crippen molar-refractivity contribution < 1.29 is 40.2 Å². The van der Waals surface area contributed by atoms with Gasteiger partial charge in [-0.3, -0.25) is 0 Å². The molecule has 0 atom stereocenters. The monoisotopic (exact) mass is 286 g/mol. The molecule has 0 bridgehead atoms. The molecule has 0 aliphatic heterocycles. The summed E-state index contributed by atoms with van der Waals surface area (Å²) in [4.78, 5) is 17.8. The van der Waals surface area contributed by atoms with Gasteiger partial charge < -0.3 is 19.8 Å². The minimum absolute atomic E-state index is 0. The Morgan fingerprint density at radius 3 is 1.00 bits per heavy atom. The summed E-state index contributed by atoms with van der Waals surface area (Å²) in [5.41, 5.74) is 0. The average Bonchev–Trinajstić information content (AvgIpc) is 1.60. The number of carbonyl (C=O) groups is 2. The van der Waals surface area contributed by atoms with Crippen molar-refractivity contribution in [3.63, 3.8) is 0 Å². The summed E-state index contributed by atoms with van der Waals surface area (Å²) in [5, 5.41) is 17.8. The molecule has 0 N–H and O–H groups in total. The van der Waals surface area contributed by atoms with Crippen molar-refractivity contribution in [2.45, 2.75) is 13.8 Å². The molecular weight excluding hydrogens is 273 g/mol. The van der Waals surface area contributed by atoms with Gasteiger partial charge in [0.1, 0.15) is 0 Å². The summed E-state index contributed by atoms with van der Waals surface area (Å²) < 4.78 is 0. The molecule has 76 valence electrons. The van der Waals surface area contributed by atoms with Crippen molar-refractivity contribution in [1.29, 1.82) is 0 Å². The van der Waals surface area contributed by atoms with Crippen molar-refractivity contribution in [2.24, 2.45) is 0 Å². The van der Waals surface area contributed by atoms with Crippen molar-refractivity contribution in [2.75, 3.05) is 13.3 Å². The van der Waals surface area contributed by atoms with E-state index in [-0.39, 0.29) is 20.4 Å². The van der Waals surface area contributed by atoms with E-state index in [2.05, 4.69) is 13.3 Å². The van der Waals surface area contributed by atoms with E-state index >= 15 is 0 Å². The van der Waals surface area contributed by atoms with E-state index in [4.69, 9.17) is 19.8 Å². The van der Waals surface area contributed by atoms with E-state index < -0.39 is 11.9 Å². The molecule has 0 heterocycles. The molecule has 0 aromatic heterocycles. The van der Waals surface area contributed by atoms with Crippen LogP contribution in [0.5, 0.6) is 0 Å². The van der Waals surface area contributed by atoms with E-state index in [1.165, 1.54) is 0 Å². The van der Waals surface area contributed by atoms with E-state index in [1.54, 1.807) is 0 Å². The van der Waals surface area contributed by atoms with Crippen LogP contribution in [0.3, 0.4) is 0 Å². The largest absolute Gasteiger partial charge is 2.00 e. The predicted octanol–water partition coefficient (Wildman–Crippen LogP) is -1.57. The number of carboxylic acid groups (broad SMARTS) is 2. The maximum absolute atomic E-state index is 8.89. The Bertz CT molecular complexity index is 87.7. The van der Waals surface area contributed by atoms with Crippen LogP contribution < -0.4 is 10.2 Å². The summed E-state index contributed by atoms with van der Waals surface area (Å²) in [7, 11) is 1.08.